The Hall–Kier alpha value is -0.650. The number of likely N-dealkylation sites (N-methyl/N-ethyl adjacent to an activating group) is 1. The maximum absolute atomic E-state index is 11.3. The molecule has 0 radical (unpaired) electrons. The zero-order valence-corrected chi connectivity index (χ0v) is 10.5. The van der Waals surface area contributed by atoms with Gasteiger partial charge in [-0.05, 0) is 19.9 Å². The molecule has 0 rings (SSSR count). The second-order valence-electron chi connectivity index (χ2n) is 3.23. The normalized spacial score (nSPS) is 12.4. The average molecular weight is 233 g/mol. The lowest BCUT2D eigenvalue weighted by Gasteiger charge is -2.15. The molecule has 0 aliphatic heterocycles. The molecule has 5 heteroatoms. The second kappa shape index (κ2) is 10.9. The maximum atomic E-state index is 11.3. The van der Waals surface area contributed by atoms with Crippen LogP contribution in [0.1, 0.15) is 20.3 Å². The van der Waals surface area contributed by atoms with Crippen LogP contribution in [-0.2, 0) is 19.0 Å². The predicted molar refractivity (Wildman–Crippen MR) is 61.4 cm³/mol. The van der Waals surface area contributed by atoms with E-state index in [0.717, 1.165) is 6.54 Å². The van der Waals surface area contributed by atoms with E-state index in [1.54, 1.807) is 0 Å². The van der Waals surface area contributed by atoms with Crippen LogP contribution in [0.4, 0.5) is 0 Å². The van der Waals surface area contributed by atoms with E-state index in [2.05, 4.69) is 10.1 Å². The highest BCUT2D eigenvalue weighted by Gasteiger charge is 2.16. The van der Waals surface area contributed by atoms with Crippen LogP contribution >= 0.6 is 0 Å². The fourth-order valence-corrected chi connectivity index (χ4v) is 1.26. The van der Waals surface area contributed by atoms with E-state index < -0.39 is 0 Å². The van der Waals surface area contributed by atoms with Crippen molar-refractivity contribution in [3.05, 3.63) is 0 Å². The van der Waals surface area contributed by atoms with Crippen LogP contribution in [0.3, 0.4) is 0 Å². The molecule has 5 nitrogen and oxygen atoms in total. The Morgan fingerprint density at radius 3 is 2.44 bits per heavy atom. The van der Waals surface area contributed by atoms with Gasteiger partial charge in [-0.25, -0.2) is 0 Å². The number of ether oxygens (including phenoxy) is 3. The van der Waals surface area contributed by atoms with Crippen molar-refractivity contribution in [3.8, 4) is 0 Å². The molecular formula is C11H23NO4. The first-order valence-corrected chi connectivity index (χ1v) is 5.72. The number of esters is 1. The van der Waals surface area contributed by atoms with Gasteiger partial charge in [-0.3, -0.25) is 4.79 Å². The van der Waals surface area contributed by atoms with Crippen molar-refractivity contribution in [2.75, 3.05) is 40.1 Å². The Morgan fingerprint density at radius 1 is 1.19 bits per heavy atom. The van der Waals surface area contributed by atoms with Crippen LogP contribution < -0.4 is 5.32 Å². The monoisotopic (exact) mass is 233 g/mol. The standard InChI is InChI=1S/C11H23NO4/c1-4-12-10(11(13)14-3)6-7-16-9-8-15-5-2/h10,12H,4-9H2,1-3H3. The number of nitrogens with one attached hydrogen (secondary N) is 1. The highest BCUT2D eigenvalue weighted by Crippen LogP contribution is 1.96. The topological polar surface area (TPSA) is 56.8 Å². The summed E-state index contributed by atoms with van der Waals surface area (Å²) in [6, 6.07) is -0.276. The molecular weight excluding hydrogens is 210 g/mol. The minimum atomic E-state index is -0.276. The quantitative estimate of drug-likeness (QED) is 0.442. The number of rotatable bonds is 10. The summed E-state index contributed by atoms with van der Waals surface area (Å²) >= 11 is 0. The van der Waals surface area contributed by atoms with Crippen LogP contribution in [0.2, 0.25) is 0 Å². The third-order valence-corrected chi connectivity index (χ3v) is 2.06. The minimum absolute atomic E-state index is 0.241. The Bertz CT molecular complexity index is 175. The summed E-state index contributed by atoms with van der Waals surface area (Å²) in [6.45, 7) is 7.02. The van der Waals surface area contributed by atoms with E-state index in [1.165, 1.54) is 7.11 Å². The third-order valence-electron chi connectivity index (χ3n) is 2.06. The largest absolute Gasteiger partial charge is 0.468 e. The van der Waals surface area contributed by atoms with Crippen molar-refractivity contribution in [2.45, 2.75) is 26.3 Å². The number of hydrogen-bond acceptors (Lipinski definition) is 5. The van der Waals surface area contributed by atoms with Gasteiger partial charge in [0.1, 0.15) is 6.04 Å². The first kappa shape index (κ1) is 15.3. The van der Waals surface area contributed by atoms with Gasteiger partial charge < -0.3 is 19.5 Å². The van der Waals surface area contributed by atoms with Gasteiger partial charge in [0, 0.05) is 13.2 Å². The van der Waals surface area contributed by atoms with Crippen LogP contribution in [0.15, 0.2) is 0 Å². The summed E-state index contributed by atoms with van der Waals surface area (Å²) < 4.78 is 15.1. The Labute approximate surface area is 97.4 Å². The molecule has 0 aromatic carbocycles. The molecule has 0 heterocycles. The predicted octanol–water partition coefficient (Wildman–Crippen LogP) is 0.581. The number of hydrogen-bond donors (Lipinski definition) is 1. The molecule has 0 aromatic heterocycles. The molecule has 1 atom stereocenters. The summed E-state index contributed by atoms with van der Waals surface area (Å²) in [7, 11) is 1.39. The molecule has 0 aliphatic rings. The highest BCUT2D eigenvalue weighted by atomic mass is 16.5. The van der Waals surface area contributed by atoms with Gasteiger partial charge in [0.05, 0.1) is 20.3 Å². The van der Waals surface area contributed by atoms with E-state index in [4.69, 9.17) is 9.47 Å². The summed E-state index contributed by atoms with van der Waals surface area (Å²) in [5, 5.41) is 3.05. The molecule has 0 aromatic rings. The zero-order chi connectivity index (χ0) is 12.2. The van der Waals surface area contributed by atoms with Crippen molar-refractivity contribution in [1.29, 1.82) is 0 Å². The lowest BCUT2D eigenvalue weighted by molar-refractivity contribution is -0.143. The van der Waals surface area contributed by atoms with Crippen molar-refractivity contribution in [1.82, 2.24) is 5.32 Å². The lowest BCUT2D eigenvalue weighted by atomic mass is 10.2. The van der Waals surface area contributed by atoms with Gasteiger partial charge in [-0.2, -0.15) is 0 Å². The maximum Gasteiger partial charge on any atom is 0.322 e. The minimum Gasteiger partial charge on any atom is -0.468 e. The molecule has 1 unspecified atom stereocenters. The number of carbonyl (C=O) groups excluding carboxylic acids is 1. The average Bonchev–Trinajstić information content (AvgIpc) is 2.31. The molecule has 16 heavy (non-hydrogen) atoms. The lowest BCUT2D eigenvalue weighted by Crippen LogP contribution is -2.38. The van der Waals surface area contributed by atoms with Gasteiger partial charge in [0.25, 0.3) is 0 Å². The zero-order valence-electron chi connectivity index (χ0n) is 10.5. The highest BCUT2D eigenvalue weighted by molar-refractivity contribution is 5.75. The Morgan fingerprint density at radius 2 is 1.88 bits per heavy atom. The Kier molecular flexibility index (Phi) is 10.4. The number of carbonyl (C=O) groups is 1. The van der Waals surface area contributed by atoms with Crippen LogP contribution in [0, 0.1) is 0 Å². The van der Waals surface area contributed by atoms with Crippen molar-refractivity contribution in [3.63, 3.8) is 0 Å². The fraction of sp³-hybridized carbons (Fsp3) is 0.909. The van der Waals surface area contributed by atoms with Gasteiger partial charge in [0.15, 0.2) is 0 Å². The van der Waals surface area contributed by atoms with E-state index in [-0.39, 0.29) is 12.0 Å². The van der Waals surface area contributed by atoms with Gasteiger partial charge in [0.2, 0.25) is 0 Å². The van der Waals surface area contributed by atoms with Crippen LogP contribution in [0.25, 0.3) is 0 Å². The van der Waals surface area contributed by atoms with Gasteiger partial charge >= 0.3 is 5.97 Å². The molecule has 0 fully saturated rings. The molecule has 1 N–H and O–H groups in total. The van der Waals surface area contributed by atoms with Crippen molar-refractivity contribution in [2.24, 2.45) is 0 Å². The number of methoxy groups -OCH3 is 1. The van der Waals surface area contributed by atoms with E-state index in [1.807, 2.05) is 13.8 Å². The summed E-state index contributed by atoms with van der Waals surface area (Å²) in [5.41, 5.74) is 0. The molecule has 96 valence electrons. The van der Waals surface area contributed by atoms with Crippen molar-refractivity contribution < 1.29 is 19.0 Å². The first-order chi connectivity index (χ1) is 7.76. The molecule has 0 bridgehead atoms. The smallest absolute Gasteiger partial charge is 0.322 e. The molecule has 0 aliphatic carbocycles. The SMILES string of the molecule is CCNC(CCOCCOCC)C(=O)OC. The van der Waals surface area contributed by atoms with Crippen LogP contribution in [0.5, 0.6) is 0 Å². The summed E-state index contributed by atoms with van der Waals surface area (Å²) in [5.74, 6) is -0.241. The van der Waals surface area contributed by atoms with E-state index in [9.17, 15) is 4.79 Å². The fourth-order valence-electron chi connectivity index (χ4n) is 1.26. The molecule has 0 saturated carbocycles. The molecule has 0 saturated heterocycles. The Balaban J connectivity index is 3.56. The van der Waals surface area contributed by atoms with E-state index >= 15 is 0 Å². The second-order valence-corrected chi connectivity index (χ2v) is 3.23. The molecule has 0 spiro atoms. The summed E-state index contributed by atoms with van der Waals surface area (Å²) in [6.07, 6.45) is 0.618. The van der Waals surface area contributed by atoms with Crippen molar-refractivity contribution >= 4 is 5.97 Å². The van der Waals surface area contributed by atoms with Crippen LogP contribution in [-0.4, -0.2) is 52.1 Å². The summed E-state index contributed by atoms with van der Waals surface area (Å²) in [4.78, 5) is 11.3. The van der Waals surface area contributed by atoms with Gasteiger partial charge in [-0.1, -0.05) is 6.92 Å². The molecule has 0 amide bonds. The third kappa shape index (κ3) is 7.62. The van der Waals surface area contributed by atoms with Gasteiger partial charge in [-0.15, -0.1) is 0 Å². The first-order valence-electron chi connectivity index (χ1n) is 5.72. The van der Waals surface area contributed by atoms with E-state index in [0.29, 0.717) is 32.8 Å².